The number of nitrogens with zero attached hydrogens (tertiary/aromatic N) is 3. The van der Waals surface area contributed by atoms with Crippen molar-refractivity contribution < 1.29 is 18.3 Å². The fourth-order valence-electron chi connectivity index (χ4n) is 3.08. The zero-order valence-electron chi connectivity index (χ0n) is 13.9. The van der Waals surface area contributed by atoms with Gasteiger partial charge in [0.1, 0.15) is 4.90 Å². The zero-order valence-corrected chi connectivity index (χ0v) is 14.8. The number of sulfonamides is 1. The Balaban J connectivity index is 1.81. The van der Waals surface area contributed by atoms with Gasteiger partial charge in [-0.1, -0.05) is 30.3 Å². The summed E-state index contributed by atoms with van der Waals surface area (Å²) in [5.41, 5.74) is 1.02. The van der Waals surface area contributed by atoms with Crippen LogP contribution in [-0.4, -0.2) is 46.2 Å². The van der Waals surface area contributed by atoms with Crippen LogP contribution in [0.2, 0.25) is 0 Å². The Morgan fingerprint density at radius 3 is 2.68 bits per heavy atom. The molecule has 2 atom stereocenters. The molecule has 1 saturated heterocycles. The second-order valence-corrected chi connectivity index (χ2v) is 8.29. The van der Waals surface area contributed by atoms with E-state index in [1.807, 2.05) is 37.3 Å². The van der Waals surface area contributed by atoms with E-state index in [0.717, 1.165) is 5.56 Å². The second kappa shape index (κ2) is 6.97. The standard InChI is InChI=1S/C17H21N3O4S/c1-13-7-8-15(17(21)22)11-20(13)25(23,24)16-9-18-19(12-16)10-14-5-3-2-4-6-14/h2-6,9,12-13,15H,7-8,10-11H2,1H3,(H,21,22). The Kier molecular flexibility index (Phi) is 4.91. The van der Waals surface area contributed by atoms with Gasteiger partial charge in [0.2, 0.25) is 10.0 Å². The van der Waals surface area contributed by atoms with Crippen molar-refractivity contribution in [3.05, 3.63) is 48.3 Å². The molecule has 0 bridgehead atoms. The summed E-state index contributed by atoms with van der Waals surface area (Å²) in [6, 6.07) is 9.41. The van der Waals surface area contributed by atoms with E-state index in [1.165, 1.54) is 16.7 Å². The minimum Gasteiger partial charge on any atom is -0.481 e. The number of aromatic nitrogens is 2. The van der Waals surface area contributed by atoms with Crippen LogP contribution in [0.4, 0.5) is 0 Å². The van der Waals surface area contributed by atoms with Gasteiger partial charge >= 0.3 is 5.97 Å². The molecule has 2 aromatic rings. The van der Waals surface area contributed by atoms with Gasteiger partial charge < -0.3 is 5.11 Å². The lowest BCUT2D eigenvalue weighted by molar-refractivity contribution is -0.143. The number of carboxylic acid groups (broad SMARTS) is 1. The Morgan fingerprint density at radius 2 is 2.00 bits per heavy atom. The van der Waals surface area contributed by atoms with Crippen LogP contribution in [0, 0.1) is 5.92 Å². The normalized spacial score (nSPS) is 22.0. The molecule has 8 heteroatoms. The van der Waals surface area contributed by atoms with Crippen LogP contribution in [0.5, 0.6) is 0 Å². The van der Waals surface area contributed by atoms with Crippen molar-refractivity contribution in [2.24, 2.45) is 5.92 Å². The predicted molar refractivity (Wildman–Crippen MR) is 91.5 cm³/mol. The minimum absolute atomic E-state index is 0.00268. The molecular formula is C17H21N3O4S. The smallest absolute Gasteiger partial charge is 0.307 e. The number of piperidine rings is 1. The first-order valence-corrected chi connectivity index (χ1v) is 9.63. The van der Waals surface area contributed by atoms with Crippen LogP contribution in [0.15, 0.2) is 47.6 Å². The number of aliphatic carboxylic acids is 1. The lowest BCUT2D eigenvalue weighted by Gasteiger charge is -2.34. The van der Waals surface area contributed by atoms with E-state index in [0.29, 0.717) is 19.4 Å². The van der Waals surface area contributed by atoms with Crippen LogP contribution >= 0.6 is 0 Å². The third kappa shape index (κ3) is 3.74. The summed E-state index contributed by atoms with van der Waals surface area (Å²) >= 11 is 0. The van der Waals surface area contributed by atoms with Gasteiger partial charge in [-0.15, -0.1) is 0 Å². The Morgan fingerprint density at radius 1 is 1.28 bits per heavy atom. The highest BCUT2D eigenvalue weighted by Crippen LogP contribution is 2.28. The van der Waals surface area contributed by atoms with Gasteiger partial charge in [0.05, 0.1) is 18.7 Å². The third-order valence-corrected chi connectivity index (χ3v) is 6.51. The molecule has 134 valence electrons. The number of carbonyl (C=O) groups is 1. The number of carboxylic acids is 1. The number of rotatable bonds is 5. The van der Waals surface area contributed by atoms with E-state index in [4.69, 9.17) is 0 Å². The topological polar surface area (TPSA) is 92.5 Å². The molecule has 2 unspecified atom stereocenters. The van der Waals surface area contributed by atoms with E-state index in [9.17, 15) is 18.3 Å². The summed E-state index contributed by atoms with van der Waals surface area (Å²) in [5, 5.41) is 13.4. The van der Waals surface area contributed by atoms with Gasteiger partial charge in [-0.05, 0) is 25.3 Å². The van der Waals surface area contributed by atoms with Crippen molar-refractivity contribution in [3.8, 4) is 0 Å². The van der Waals surface area contributed by atoms with E-state index < -0.39 is 21.9 Å². The molecule has 3 rings (SSSR count). The molecule has 1 N–H and O–H groups in total. The first-order valence-electron chi connectivity index (χ1n) is 8.19. The summed E-state index contributed by atoms with van der Waals surface area (Å²) in [5.74, 6) is -1.61. The van der Waals surface area contributed by atoms with Crippen molar-refractivity contribution in [1.82, 2.24) is 14.1 Å². The van der Waals surface area contributed by atoms with Crippen LogP contribution in [0.25, 0.3) is 0 Å². The Labute approximate surface area is 146 Å². The largest absolute Gasteiger partial charge is 0.481 e. The van der Waals surface area contributed by atoms with Crippen LogP contribution in [-0.2, 0) is 21.4 Å². The van der Waals surface area contributed by atoms with E-state index in [1.54, 1.807) is 4.68 Å². The minimum atomic E-state index is -3.76. The first kappa shape index (κ1) is 17.6. The molecular weight excluding hydrogens is 342 g/mol. The Hall–Kier alpha value is -2.19. The van der Waals surface area contributed by atoms with Crippen LogP contribution in [0.1, 0.15) is 25.3 Å². The van der Waals surface area contributed by atoms with Crippen LogP contribution in [0.3, 0.4) is 0 Å². The SMILES string of the molecule is CC1CCC(C(=O)O)CN1S(=O)(=O)c1cnn(Cc2ccccc2)c1. The molecule has 7 nitrogen and oxygen atoms in total. The molecule has 1 aliphatic rings. The maximum Gasteiger partial charge on any atom is 0.307 e. The van der Waals surface area contributed by atoms with Gasteiger partial charge in [0, 0.05) is 18.8 Å². The van der Waals surface area contributed by atoms with E-state index in [-0.39, 0.29) is 17.5 Å². The first-order chi connectivity index (χ1) is 11.9. The monoisotopic (exact) mass is 363 g/mol. The van der Waals surface area contributed by atoms with E-state index in [2.05, 4.69) is 5.10 Å². The quantitative estimate of drug-likeness (QED) is 0.874. The average molecular weight is 363 g/mol. The molecule has 0 amide bonds. The fourth-order valence-corrected chi connectivity index (χ4v) is 4.74. The number of hydrogen-bond donors (Lipinski definition) is 1. The molecule has 1 aromatic carbocycles. The van der Waals surface area contributed by atoms with Gasteiger partial charge in [-0.25, -0.2) is 8.42 Å². The number of benzene rings is 1. The van der Waals surface area contributed by atoms with Gasteiger partial charge in [0.15, 0.2) is 0 Å². The highest BCUT2D eigenvalue weighted by Gasteiger charge is 2.37. The molecule has 0 spiro atoms. The van der Waals surface area contributed by atoms with Crippen molar-refractivity contribution in [1.29, 1.82) is 0 Å². The van der Waals surface area contributed by atoms with Gasteiger partial charge in [-0.2, -0.15) is 9.40 Å². The summed E-state index contributed by atoms with van der Waals surface area (Å²) in [4.78, 5) is 11.3. The van der Waals surface area contributed by atoms with Gasteiger partial charge in [0.25, 0.3) is 0 Å². The van der Waals surface area contributed by atoms with Gasteiger partial charge in [-0.3, -0.25) is 9.48 Å². The number of hydrogen-bond acceptors (Lipinski definition) is 4. The highest BCUT2D eigenvalue weighted by atomic mass is 32.2. The van der Waals surface area contributed by atoms with Crippen molar-refractivity contribution in [2.45, 2.75) is 37.2 Å². The maximum atomic E-state index is 12.9. The third-order valence-electron chi connectivity index (χ3n) is 4.58. The molecule has 2 heterocycles. The molecule has 0 aliphatic carbocycles. The van der Waals surface area contributed by atoms with E-state index >= 15 is 0 Å². The van der Waals surface area contributed by atoms with Crippen molar-refractivity contribution >= 4 is 16.0 Å². The van der Waals surface area contributed by atoms with Crippen molar-refractivity contribution in [2.75, 3.05) is 6.54 Å². The molecule has 1 aliphatic heterocycles. The predicted octanol–water partition coefficient (Wildman–Crippen LogP) is 1.81. The molecule has 1 fully saturated rings. The van der Waals surface area contributed by atoms with Crippen LogP contribution < -0.4 is 0 Å². The summed E-state index contributed by atoms with van der Waals surface area (Å²) in [7, 11) is -3.76. The van der Waals surface area contributed by atoms with Crippen molar-refractivity contribution in [3.63, 3.8) is 0 Å². The molecule has 0 radical (unpaired) electrons. The lowest BCUT2D eigenvalue weighted by Crippen LogP contribution is -2.47. The highest BCUT2D eigenvalue weighted by molar-refractivity contribution is 7.89. The molecule has 0 saturated carbocycles. The zero-order chi connectivity index (χ0) is 18.0. The molecule has 25 heavy (non-hydrogen) atoms. The lowest BCUT2D eigenvalue weighted by atomic mass is 9.96. The molecule has 1 aromatic heterocycles. The second-order valence-electron chi connectivity index (χ2n) is 6.40. The summed E-state index contributed by atoms with van der Waals surface area (Å²) < 4.78 is 28.7. The fraction of sp³-hybridized carbons (Fsp3) is 0.412. The maximum absolute atomic E-state index is 12.9. The summed E-state index contributed by atoms with van der Waals surface area (Å²) in [6.45, 7) is 2.29. The average Bonchev–Trinajstić information content (AvgIpc) is 3.05. The summed E-state index contributed by atoms with van der Waals surface area (Å²) in [6.07, 6.45) is 3.86. The Bertz CT molecular complexity index is 848.